The van der Waals surface area contributed by atoms with Crippen LogP contribution in [0.3, 0.4) is 0 Å². The summed E-state index contributed by atoms with van der Waals surface area (Å²) in [6.45, 7) is 15.1. The average molecular weight is 576 g/mol. The topological polar surface area (TPSA) is 259 Å². The van der Waals surface area contributed by atoms with Crippen molar-refractivity contribution in [3.63, 3.8) is 0 Å². The minimum absolute atomic E-state index is 0. The maximum Gasteiger partial charge on any atom is 1.00 e. The van der Waals surface area contributed by atoms with Gasteiger partial charge in [-0.2, -0.15) is 5.01 Å². The van der Waals surface area contributed by atoms with Gasteiger partial charge in [-0.25, -0.2) is 5.01 Å². The molecule has 0 aromatic rings. The number of quaternary nitrogens is 4. The Morgan fingerprint density at radius 1 is 0.846 bits per heavy atom. The lowest BCUT2D eigenvalue weighted by atomic mass is 10.3. The molecular formula is C22H65N13O4+4. The van der Waals surface area contributed by atoms with Crippen LogP contribution in [0.2, 0.25) is 0 Å². The SMILES string of the molecule is CC(C)N(CCC[NH3+])[N+]([O-])=N[O-].CC(C)NCCC[NH3+].C[NH2+]CCCN(C)N.C[NH2+]CCCN(C)[N+]([O-])=N[O-].[H+].[H+]. The van der Waals surface area contributed by atoms with Gasteiger partial charge in [0.2, 0.25) is 0 Å². The third-order valence-corrected chi connectivity index (χ3v) is 4.84. The van der Waals surface area contributed by atoms with E-state index in [0.717, 1.165) is 45.6 Å². The minimum atomic E-state index is -0.00764. The largest absolute Gasteiger partial charge is 1.00 e. The van der Waals surface area contributed by atoms with E-state index in [0.29, 0.717) is 19.1 Å². The van der Waals surface area contributed by atoms with E-state index >= 15 is 0 Å². The monoisotopic (exact) mass is 576 g/mol. The summed E-state index contributed by atoms with van der Waals surface area (Å²) in [5.74, 6) is 5.35. The van der Waals surface area contributed by atoms with Crippen LogP contribution in [0.1, 0.15) is 56.2 Å². The molecule has 0 saturated carbocycles. The van der Waals surface area contributed by atoms with E-state index in [1.807, 2.05) is 33.3 Å². The highest BCUT2D eigenvalue weighted by Gasteiger charge is 2.14. The van der Waals surface area contributed by atoms with Crippen LogP contribution in [0.4, 0.5) is 0 Å². The van der Waals surface area contributed by atoms with Gasteiger partial charge in [0.05, 0.1) is 66.5 Å². The fourth-order valence-electron chi connectivity index (χ4n) is 2.59. The molecule has 0 amide bonds. The van der Waals surface area contributed by atoms with Crippen LogP contribution < -0.4 is 33.3 Å². The normalized spacial score (nSPS) is 11.3. The van der Waals surface area contributed by atoms with Gasteiger partial charge in [0.25, 0.3) is 0 Å². The van der Waals surface area contributed by atoms with E-state index in [-0.39, 0.29) is 18.8 Å². The molecule has 0 aromatic carbocycles. The molecule has 17 heteroatoms. The fraction of sp³-hybridized carbons (Fsp3) is 1.00. The van der Waals surface area contributed by atoms with E-state index in [1.54, 1.807) is 5.01 Å². The summed E-state index contributed by atoms with van der Waals surface area (Å²) < 4.78 is 0. The van der Waals surface area contributed by atoms with E-state index in [9.17, 15) is 20.8 Å². The average Bonchev–Trinajstić information content (AvgIpc) is 2.89. The Labute approximate surface area is 239 Å². The molecule has 17 nitrogen and oxygen atoms in total. The molecule has 238 valence electrons. The first kappa shape index (κ1) is 43.8. The standard InChI is InChI=1S/C6H16N4O2.C6H16N2.C5H14N4O2.C5H15N3/c1-6(2)9(5-3-4-7)10(12)8-11;1-6(2)8-5-3-4-7;1-6-4-3-5-8(2)9(11)7-10;1-7-4-3-5-8(2)6/h6,11H,3-5,7H2,1-2H3;6,8H,3-5,7H2,1-2H3;6,10H,3-5H2,1-2H3;7H,3-6H2,1-2H3/p+4. The van der Waals surface area contributed by atoms with Crippen molar-refractivity contribution in [1.82, 2.24) is 20.3 Å². The molecule has 13 N–H and O–H groups in total. The number of nitrogens with one attached hydrogen (secondary N) is 1. The molecule has 0 aliphatic rings. The van der Waals surface area contributed by atoms with Crippen molar-refractivity contribution in [2.45, 2.75) is 65.5 Å². The molecule has 0 bridgehead atoms. The van der Waals surface area contributed by atoms with Gasteiger partial charge in [-0.15, -0.1) is 5.01 Å². The Hall–Kier alpha value is -2.28. The number of nitrogens with two attached hydrogens (primary N) is 3. The van der Waals surface area contributed by atoms with Gasteiger partial charge in [-0.1, -0.05) is 13.8 Å². The Morgan fingerprint density at radius 3 is 1.69 bits per heavy atom. The molecule has 0 aliphatic heterocycles. The summed E-state index contributed by atoms with van der Waals surface area (Å²) in [4.78, 5) is 0.149. The molecule has 0 unspecified atom stereocenters. The zero-order chi connectivity index (χ0) is 31.1. The smallest absolute Gasteiger partial charge is 0.737 e. The number of rotatable bonds is 18. The van der Waals surface area contributed by atoms with E-state index in [1.165, 1.54) is 36.5 Å². The molecule has 0 heterocycles. The van der Waals surface area contributed by atoms with Crippen LogP contribution in [0.25, 0.3) is 0 Å². The van der Waals surface area contributed by atoms with E-state index < -0.39 is 0 Å². The van der Waals surface area contributed by atoms with Crippen molar-refractivity contribution in [2.75, 3.05) is 80.5 Å². The van der Waals surface area contributed by atoms with Crippen LogP contribution in [0.5, 0.6) is 0 Å². The van der Waals surface area contributed by atoms with Crippen LogP contribution >= 0.6 is 0 Å². The Kier molecular flexibility index (Phi) is 37.9. The first-order chi connectivity index (χ1) is 18.4. The van der Waals surface area contributed by atoms with Crippen molar-refractivity contribution in [2.24, 2.45) is 16.4 Å². The zero-order valence-electron chi connectivity index (χ0n) is 28.0. The maximum absolute atomic E-state index is 10.8. The molecule has 0 rings (SSSR count). The third kappa shape index (κ3) is 37.9. The first-order valence-electron chi connectivity index (χ1n) is 13.8. The van der Waals surface area contributed by atoms with Crippen molar-refractivity contribution in [3.05, 3.63) is 20.8 Å². The lowest BCUT2D eigenvalue weighted by molar-refractivity contribution is -0.697. The lowest BCUT2D eigenvalue weighted by Gasteiger charge is -2.22. The number of hydrogen-bond donors (Lipinski definition) is 6. The Morgan fingerprint density at radius 2 is 1.33 bits per heavy atom. The molecule has 0 atom stereocenters. The van der Waals surface area contributed by atoms with Crippen molar-refractivity contribution >= 4 is 0 Å². The van der Waals surface area contributed by atoms with E-state index in [4.69, 9.17) is 5.84 Å². The second-order valence-corrected chi connectivity index (χ2v) is 9.41. The summed E-state index contributed by atoms with van der Waals surface area (Å²) in [7, 11) is 7.43. The van der Waals surface area contributed by atoms with Gasteiger partial charge in [0, 0.05) is 61.8 Å². The second kappa shape index (κ2) is 33.7. The molecule has 0 aromatic heterocycles. The highest BCUT2D eigenvalue weighted by molar-refractivity contribution is 4.51. The molecule has 0 fully saturated rings. The van der Waals surface area contributed by atoms with Gasteiger partial charge in [0.1, 0.15) is 0 Å². The number of hydrogen-bond acceptors (Lipinski definition) is 9. The number of nitrogens with zero attached hydrogens (tertiary/aromatic N) is 7. The highest BCUT2D eigenvalue weighted by Crippen LogP contribution is 1.99. The summed E-state index contributed by atoms with van der Waals surface area (Å²) in [5, 5.41) is 57.2. The van der Waals surface area contributed by atoms with E-state index in [2.05, 4.69) is 53.6 Å². The quantitative estimate of drug-likeness (QED) is 0.0315. The molecular weight excluding hydrogens is 510 g/mol. The van der Waals surface area contributed by atoms with Crippen molar-refractivity contribution < 1.29 is 34.9 Å². The van der Waals surface area contributed by atoms with Gasteiger partial charge >= 0.3 is 2.85 Å². The second-order valence-electron chi connectivity index (χ2n) is 9.41. The molecule has 0 saturated heterocycles. The third-order valence-electron chi connectivity index (χ3n) is 4.84. The predicted octanol–water partition coefficient (Wildman–Crippen LogP) is -3.20. The molecule has 0 aliphatic carbocycles. The summed E-state index contributed by atoms with van der Waals surface area (Å²) in [6, 6.07) is 0.619. The first-order valence-corrected chi connectivity index (χ1v) is 13.8. The summed E-state index contributed by atoms with van der Waals surface area (Å²) in [6.07, 6.45) is 4.01. The lowest BCUT2D eigenvalue weighted by Crippen LogP contribution is -2.79. The van der Waals surface area contributed by atoms with Crippen LogP contribution in [0.15, 0.2) is 10.6 Å². The van der Waals surface area contributed by atoms with Gasteiger partial charge in [0.15, 0.2) is 0 Å². The summed E-state index contributed by atoms with van der Waals surface area (Å²) >= 11 is 0. The number of hydrazine groups is 3. The van der Waals surface area contributed by atoms with Gasteiger partial charge in [-0.05, 0) is 24.4 Å². The maximum atomic E-state index is 10.8. The van der Waals surface area contributed by atoms with Gasteiger partial charge in [-0.3, -0.25) is 5.84 Å². The predicted molar refractivity (Wildman–Crippen MR) is 155 cm³/mol. The minimum Gasteiger partial charge on any atom is -0.737 e. The fourth-order valence-corrected chi connectivity index (χ4v) is 2.59. The van der Waals surface area contributed by atoms with Crippen molar-refractivity contribution in [1.29, 1.82) is 0 Å². The zero-order valence-corrected chi connectivity index (χ0v) is 26.0. The van der Waals surface area contributed by atoms with Crippen LogP contribution in [-0.2, 0) is 0 Å². The van der Waals surface area contributed by atoms with Crippen LogP contribution in [-0.4, -0.2) is 118 Å². The Balaban J connectivity index is -0.0000000995. The van der Waals surface area contributed by atoms with Gasteiger partial charge < -0.3 is 48.2 Å². The molecule has 0 radical (unpaired) electrons. The highest BCUT2D eigenvalue weighted by atomic mass is 16.6. The van der Waals surface area contributed by atoms with Crippen molar-refractivity contribution in [3.8, 4) is 0 Å². The van der Waals surface area contributed by atoms with Crippen LogP contribution in [0, 0.1) is 20.8 Å². The molecule has 0 spiro atoms. The summed E-state index contributed by atoms with van der Waals surface area (Å²) in [5.41, 5.74) is 7.39. The Bertz CT molecular complexity index is 540. The molecule has 39 heavy (non-hydrogen) atoms.